The van der Waals surface area contributed by atoms with E-state index in [1.54, 1.807) is 12.1 Å². The van der Waals surface area contributed by atoms with Crippen LogP contribution in [0.4, 0.5) is 4.39 Å². The number of halogens is 2. The van der Waals surface area contributed by atoms with Gasteiger partial charge in [0.15, 0.2) is 0 Å². The number of nitrogens with one attached hydrogen (secondary N) is 1. The number of rotatable bonds is 7. The van der Waals surface area contributed by atoms with Crippen LogP contribution in [-0.4, -0.2) is 32.4 Å². The Morgan fingerprint density at radius 3 is 2.76 bits per heavy atom. The van der Waals surface area contributed by atoms with Gasteiger partial charge in [-0.05, 0) is 43.1 Å². The summed E-state index contributed by atoms with van der Waals surface area (Å²) in [6, 6.07) is 5.51. The number of carbonyl (C=O) groups excluding carboxylic acids is 1. The molecule has 0 saturated heterocycles. The quantitative estimate of drug-likeness (QED) is 0.586. The fraction of sp³-hybridized carbons (Fsp3) is 0.250. The fourth-order valence-corrected chi connectivity index (χ4v) is 2.88. The molecule has 9 heteroatoms. The average molecular weight is 416 g/mol. The van der Waals surface area contributed by atoms with Crippen molar-refractivity contribution in [2.24, 2.45) is 0 Å². The summed E-state index contributed by atoms with van der Waals surface area (Å²) in [5.74, 6) is -0.870. The summed E-state index contributed by atoms with van der Waals surface area (Å²) in [4.78, 5) is 28.9. The Hall–Kier alpha value is -3.13. The number of benzene rings is 1. The third-order valence-corrected chi connectivity index (χ3v) is 4.31. The fourth-order valence-electron chi connectivity index (χ4n) is 2.73. The molecule has 0 fully saturated rings. The minimum atomic E-state index is -0.667. The maximum Gasteiger partial charge on any atom is 0.254 e. The first-order chi connectivity index (χ1) is 14.0. The lowest BCUT2D eigenvalue weighted by atomic mass is 10.1. The predicted molar refractivity (Wildman–Crippen MR) is 106 cm³/mol. The molecule has 150 valence electrons. The number of nitrogens with zero attached hydrogens (tertiary/aromatic N) is 4. The van der Waals surface area contributed by atoms with Crippen molar-refractivity contribution in [1.82, 2.24) is 25.3 Å². The van der Waals surface area contributed by atoms with Crippen LogP contribution >= 0.6 is 11.6 Å². The van der Waals surface area contributed by atoms with Crippen molar-refractivity contribution in [3.8, 4) is 17.1 Å². The van der Waals surface area contributed by atoms with Crippen molar-refractivity contribution < 1.29 is 13.9 Å². The van der Waals surface area contributed by atoms with Crippen LogP contribution in [0.5, 0.6) is 5.88 Å². The number of aromatic nitrogens is 4. The summed E-state index contributed by atoms with van der Waals surface area (Å²) in [5.41, 5.74) is 1.41. The molecule has 7 nitrogen and oxygen atoms in total. The second-order valence-electron chi connectivity index (χ2n) is 6.06. The summed E-state index contributed by atoms with van der Waals surface area (Å²) in [6.45, 7) is 4.16. The second-order valence-corrected chi connectivity index (χ2v) is 6.39. The third-order valence-electron chi connectivity index (χ3n) is 4.13. The monoisotopic (exact) mass is 415 g/mol. The molecule has 2 heterocycles. The minimum absolute atomic E-state index is 0.0822. The standard InChI is InChI=1S/C20H19ClFN5O2/c1-3-15(16-7-8-24-20(21)27-16)26-19(28)13-6-5-12(9-14(13)22)17-10-23-11-18(25-17)29-4-2/h5-11,15H,3-4H2,1-2H3,(H,26,28). The van der Waals surface area contributed by atoms with E-state index in [1.165, 1.54) is 30.7 Å². The molecule has 1 atom stereocenters. The molecular weight excluding hydrogens is 397 g/mol. The van der Waals surface area contributed by atoms with Gasteiger partial charge in [-0.15, -0.1) is 0 Å². The van der Waals surface area contributed by atoms with E-state index in [9.17, 15) is 9.18 Å². The van der Waals surface area contributed by atoms with Gasteiger partial charge in [0.1, 0.15) is 5.82 Å². The number of ether oxygens (including phenoxy) is 1. The molecule has 0 aliphatic carbocycles. The summed E-state index contributed by atoms with van der Waals surface area (Å²) in [7, 11) is 0. The van der Waals surface area contributed by atoms with Crippen LogP contribution < -0.4 is 10.1 Å². The van der Waals surface area contributed by atoms with Gasteiger partial charge >= 0.3 is 0 Å². The molecule has 1 unspecified atom stereocenters. The van der Waals surface area contributed by atoms with Gasteiger partial charge in [-0.3, -0.25) is 9.78 Å². The van der Waals surface area contributed by atoms with Crippen LogP contribution in [0.3, 0.4) is 0 Å². The summed E-state index contributed by atoms with van der Waals surface area (Å²) in [6.07, 6.45) is 5.04. The smallest absolute Gasteiger partial charge is 0.254 e. The highest BCUT2D eigenvalue weighted by Crippen LogP contribution is 2.23. The molecule has 0 aliphatic rings. The largest absolute Gasteiger partial charge is 0.477 e. The maximum atomic E-state index is 14.7. The Balaban J connectivity index is 1.80. The zero-order valence-electron chi connectivity index (χ0n) is 15.9. The topological polar surface area (TPSA) is 89.9 Å². The summed E-state index contributed by atoms with van der Waals surface area (Å²) in [5, 5.41) is 2.86. The molecule has 1 amide bonds. The van der Waals surface area contributed by atoms with Crippen molar-refractivity contribution in [1.29, 1.82) is 0 Å². The third kappa shape index (κ3) is 5.03. The van der Waals surface area contributed by atoms with E-state index >= 15 is 0 Å². The van der Waals surface area contributed by atoms with E-state index in [4.69, 9.17) is 16.3 Å². The minimum Gasteiger partial charge on any atom is -0.477 e. The molecule has 29 heavy (non-hydrogen) atoms. The van der Waals surface area contributed by atoms with Crippen LogP contribution in [-0.2, 0) is 0 Å². The van der Waals surface area contributed by atoms with Crippen LogP contribution in [0.1, 0.15) is 42.4 Å². The molecule has 0 aliphatic heterocycles. The molecule has 1 aromatic carbocycles. The second kappa shape index (κ2) is 9.38. The van der Waals surface area contributed by atoms with Gasteiger partial charge in [0, 0.05) is 11.8 Å². The summed E-state index contributed by atoms with van der Waals surface area (Å²) < 4.78 is 20.0. The Kier molecular flexibility index (Phi) is 6.66. The normalized spacial score (nSPS) is 11.7. The van der Waals surface area contributed by atoms with Gasteiger partial charge in [0.25, 0.3) is 5.91 Å². The zero-order valence-corrected chi connectivity index (χ0v) is 16.7. The Labute approximate surface area is 172 Å². The average Bonchev–Trinajstić information content (AvgIpc) is 2.72. The number of amides is 1. The molecule has 0 radical (unpaired) electrons. The first-order valence-corrected chi connectivity index (χ1v) is 9.43. The van der Waals surface area contributed by atoms with E-state index < -0.39 is 17.8 Å². The molecule has 1 N–H and O–H groups in total. The van der Waals surface area contributed by atoms with Crippen molar-refractivity contribution in [3.05, 3.63) is 65.2 Å². The van der Waals surface area contributed by atoms with Crippen LogP contribution in [0, 0.1) is 5.82 Å². The van der Waals surface area contributed by atoms with Gasteiger partial charge in [-0.2, -0.15) is 0 Å². The molecule has 3 rings (SSSR count). The highest BCUT2D eigenvalue weighted by Gasteiger charge is 2.19. The van der Waals surface area contributed by atoms with Gasteiger partial charge in [0.2, 0.25) is 11.2 Å². The highest BCUT2D eigenvalue weighted by molar-refractivity contribution is 6.28. The van der Waals surface area contributed by atoms with Crippen LogP contribution in [0.2, 0.25) is 5.28 Å². The predicted octanol–water partition coefficient (Wildman–Crippen LogP) is 4.01. The summed E-state index contributed by atoms with van der Waals surface area (Å²) >= 11 is 5.82. The number of carbonyl (C=O) groups is 1. The Morgan fingerprint density at radius 2 is 2.07 bits per heavy atom. The van der Waals surface area contributed by atoms with E-state index in [-0.39, 0.29) is 10.8 Å². The van der Waals surface area contributed by atoms with Crippen LogP contribution in [0.25, 0.3) is 11.3 Å². The van der Waals surface area contributed by atoms with Gasteiger partial charge in [-0.1, -0.05) is 13.0 Å². The molecule has 0 saturated carbocycles. The van der Waals surface area contributed by atoms with Crippen molar-refractivity contribution in [2.45, 2.75) is 26.3 Å². The zero-order chi connectivity index (χ0) is 20.8. The molecule has 3 aromatic rings. The number of hydrogen-bond donors (Lipinski definition) is 1. The van der Waals surface area contributed by atoms with Crippen molar-refractivity contribution in [3.63, 3.8) is 0 Å². The van der Waals surface area contributed by atoms with Crippen molar-refractivity contribution in [2.75, 3.05) is 6.61 Å². The van der Waals surface area contributed by atoms with Gasteiger partial charge in [0.05, 0.1) is 42.0 Å². The Morgan fingerprint density at radius 1 is 1.24 bits per heavy atom. The first kappa shape index (κ1) is 20.6. The van der Waals surface area contributed by atoms with Gasteiger partial charge < -0.3 is 10.1 Å². The lowest BCUT2D eigenvalue weighted by molar-refractivity contribution is 0.0930. The van der Waals surface area contributed by atoms with E-state index in [0.717, 1.165) is 0 Å². The first-order valence-electron chi connectivity index (χ1n) is 9.05. The van der Waals surface area contributed by atoms with E-state index in [2.05, 4.69) is 25.3 Å². The maximum absolute atomic E-state index is 14.7. The Bertz CT molecular complexity index is 1020. The molecular formula is C20H19ClFN5O2. The molecule has 0 spiro atoms. The van der Waals surface area contributed by atoms with Gasteiger partial charge in [-0.25, -0.2) is 19.3 Å². The molecule has 2 aromatic heterocycles. The lowest BCUT2D eigenvalue weighted by Crippen LogP contribution is -2.29. The van der Waals surface area contributed by atoms with E-state index in [0.29, 0.717) is 35.9 Å². The van der Waals surface area contributed by atoms with Crippen LogP contribution in [0.15, 0.2) is 42.9 Å². The van der Waals surface area contributed by atoms with E-state index in [1.807, 2.05) is 13.8 Å². The number of hydrogen-bond acceptors (Lipinski definition) is 6. The molecule has 0 bridgehead atoms. The SMILES string of the molecule is CCOc1cncc(-c2ccc(C(=O)NC(CC)c3ccnc(Cl)n3)c(F)c2)n1. The highest BCUT2D eigenvalue weighted by atomic mass is 35.5. The van der Waals surface area contributed by atoms with Crippen molar-refractivity contribution >= 4 is 17.5 Å². The lowest BCUT2D eigenvalue weighted by Gasteiger charge is -2.17.